The van der Waals surface area contributed by atoms with E-state index in [1.807, 2.05) is 0 Å². The molecule has 2 rings (SSSR count). The summed E-state index contributed by atoms with van der Waals surface area (Å²) in [6, 6.07) is 8.54. The standard InChI is InChI=1S/C24H28FNO9S/c1-6-34-20(27)15-26(21(22(28)32-4)24(2,3)23(29)33-5)36(30,31)19-13-11-18(12-14-19)35-17-9-7-16(25)8-10-17/h7-14,21H,6,15H2,1-5H3/t21-/m1/s1. The Morgan fingerprint density at radius 1 is 0.944 bits per heavy atom. The van der Waals surface area contributed by atoms with Gasteiger partial charge in [-0.25, -0.2) is 12.8 Å². The van der Waals surface area contributed by atoms with E-state index in [1.165, 1.54) is 69.3 Å². The van der Waals surface area contributed by atoms with E-state index in [9.17, 15) is 27.2 Å². The number of rotatable bonds is 11. The second-order valence-electron chi connectivity index (χ2n) is 8.02. The molecule has 196 valence electrons. The monoisotopic (exact) mass is 525 g/mol. The van der Waals surface area contributed by atoms with Crippen molar-refractivity contribution in [2.24, 2.45) is 5.41 Å². The van der Waals surface area contributed by atoms with Crippen LogP contribution < -0.4 is 4.74 Å². The van der Waals surface area contributed by atoms with E-state index in [2.05, 4.69) is 0 Å². The fourth-order valence-electron chi connectivity index (χ4n) is 3.36. The lowest BCUT2D eigenvalue weighted by Gasteiger charge is -2.36. The number of carbonyl (C=O) groups is 3. The van der Waals surface area contributed by atoms with Gasteiger partial charge in [0.15, 0.2) is 0 Å². The van der Waals surface area contributed by atoms with Gasteiger partial charge in [0, 0.05) is 0 Å². The summed E-state index contributed by atoms with van der Waals surface area (Å²) in [6.45, 7) is 3.23. The molecule has 0 aliphatic rings. The van der Waals surface area contributed by atoms with Crippen LogP contribution in [-0.4, -0.2) is 64.0 Å². The zero-order valence-electron chi connectivity index (χ0n) is 20.5. The van der Waals surface area contributed by atoms with Crippen LogP contribution in [0, 0.1) is 11.2 Å². The third-order valence-corrected chi connectivity index (χ3v) is 7.00. The number of esters is 3. The van der Waals surface area contributed by atoms with Crippen LogP contribution in [0.4, 0.5) is 4.39 Å². The fraction of sp³-hybridized carbons (Fsp3) is 0.375. The molecule has 0 fully saturated rings. The van der Waals surface area contributed by atoms with Gasteiger partial charge < -0.3 is 18.9 Å². The Labute approximate surface area is 208 Å². The number of methoxy groups -OCH3 is 2. The zero-order chi connectivity index (χ0) is 27.1. The van der Waals surface area contributed by atoms with Crippen LogP contribution in [0.1, 0.15) is 20.8 Å². The smallest absolute Gasteiger partial charge is 0.325 e. The summed E-state index contributed by atoms with van der Waals surface area (Å²) >= 11 is 0. The minimum absolute atomic E-state index is 0.0363. The third kappa shape index (κ3) is 6.58. The second-order valence-corrected chi connectivity index (χ2v) is 9.91. The zero-order valence-corrected chi connectivity index (χ0v) is 21.3. The van der Waals surface area contributed by atoms with Gasteiger partial charge in [-0.15, -0.1) is 0 Å². The van der Waals surface area contributed by atoms with Crippen LogP contribution in [0.25, 0.3) is 0 Å². The van der Waals surface area contributed by atoms with E-state index in [0.717, 1.165) is 14.2 Å². The Morgan fingerprint density at radius 3 is 1.94 bits per heavy atom. The lowest BCUT2D eigenvalue weighted by molar-refractivity contribution is -0.164. The van der Waals surface area contributed by atoms with Crippen LogP contribution in [0.3, 0.4) is 0 Å². The van der Waals surface area contributed by atoms with E-state index >= 15 is 0 Å². The van der Waals surface area contributed by atoms with Crippen molar-refractivity contribution in [1.29, 1.82) is 0 Å². The van der Waals surface area contributed by atoms with Crippen LogP contribution >= 0.6 is 0 Å². The fourth-order valence-corrected chi connectivity index (χ4v) is 5.01. The van der Waals surface area contributed by atoms with Crippen molar-refractivity contribution >= 4 is 27.9 Å². The molecule has 1 atom stereocenters. The summed E-state index contributed by atoms with van der Waals surface area (Å²) in [5, 5.41) is 0. The number of carbonyl (C=O) groups excluding carboxylic acids is 3. The van der Waals surface area contributed by atoms with Crippen molar-refractivity contribution in [1.82, 2.24) is 4.31 Å². The van der Waals surface area contributed by atoms with Gasteiger partial charge >= 0.3 is 17.9 Å². The highest BCUT2D eigenvalue weighted by molar-refractivity contribution is 7.89. The molecule has 10 nitrogen and oxygen atoms in total. The third-order valence-electron chi connectivity index (χ3n) is 5.18. The van der Waals surface area contributed by atoms with E-state index in [4.69, 9.17) is 18.9 Å². The summed E-state index contributed by atoms with van der Waals surface area (Å²) in [5.41, 5.74) is -1.74. The van der Waals surface area contributed by atoms with Crippen molar-refractivity contribution in [3.63, 3.8) is 0 Å². The lowest BCUT2D eigenvalue weighted by atomic mass is 9.84. The molecule has 0 bridgehead atoms. The van der Waals surface area contributed by atoms with Crippen molar-refractivity contribution in [2.45, 2.75) is 31.7 Å². The lowest BCUT2D eigenvalue weighted by Crippen LogP contribution is -2.57. The van der Waals surface area contributed by atoms with E-state index in [0.29, 0.717) is 10.1 Å². The highest BCUT2D eigenvalue weighted by Crippen LogP contribution is 2.33. The molecule has 0 aliphatic carbocycles. The van der Waals surface area contributed by atoms with Crippen molar-refractivity contribution in [3.8, 4) is 11.5 Å². The van der Waals surface area contributed by atoms with Gasteiger partial charge in [-0.05, 0) is 69.3 Å². The Hall–Kier alpha value is -3.51. The predicted octanol–water partition coefficient (Wildman–Crippen LogP) is 2.91. The number of ether oxygens (including phenoxy) is 4. The molecule has 0 aliphatic heterocycles. The van der Waals surface area contributed by atoms with Crippen molar-refractivity contribution in [2.75, 3.05) is 27.4 Å². The summed E-state index contributed by atoms with van der Waals surface area (Å²) in [4.78, 5) is 37.3. The normalized spacial score (nSPS) is 12.5. The molecule has 0 unspecified atom stereocenters. The largest absolute Gasteiger partial charge is 0.469 e. The quantitative estimate of drug-likeness (QED) is 0.322. The molecule has 12 heteroatoms. The Bertz CT molecular complexity index is 1180. The minimum Gasteiger partial charge on any atom is -0.469 e. The first-order chi connectivity index (χ1) is 16.9. The van der Waals surface area contributed by atoms with Gasteiger partial charge in [-0.3, -0.25) is 14.4 Å². The van der Waals surface area contributed by atoms with Crippen LogP contribution in [0.5, 0.6) is 11.5 Å². The van der Waals surface area contributed by atoms with Gasteiger partial charge in [-0.2, -0.15) is 4.31 Å². The average Bonchev–Trinajstić information content (AvgIpc) is 2.84. The number of nitrogens with zero attached hydrogens (tertiary/aromatic N) is 1. The Morgan fingerprint density at radius 2 is 1.47 bits per heavy atom. The Balaban J connectivity index is 2.52. The maximum absolute atomic E-state index is 13.7. The minimum atomic E-state index is -4.57. The summed E-state index contributed by atoms with van der Waals surface area (Å²) in [5.74, 6) is -2.79. The molecule has 0 amide bonds. The summed E-state index contributed by atoms with van der Waals surface area (Å²) < 4.78 is 61.0. The Kier molecular flexibility index (Phi) is 9.54. The first-order valence-corrected chi connectivity index (χ1v) is 12.2. The van der Waals surface area contributed by atoms with Crippen LogP contribution in [0.15, 0.2) is 53.4 Å². The molecular formula is C24H28FNO9S. The van der Waals surface area contributed by atoms with E-state index in [-0.39, 0.29) is 17.3 Å². The van der Waals surface area contributed by atoms with Gasteiger partial charge in [0.1, 0.15) is 29.9 Å². The summed E-state index contributed by atoms with van der Waals surface area (Å²) in [7, 11) is -2.46. The molecule has 0 N–H and O–H groups in total. The maximum atomic E-state index is 13.7. The van der Waals surface area contributed by atoms with Crippen LogP contribution in [-0.2, 0) is 38.6 Å². The topological polar surface area (TPSA) is 126 Å². The molecule has 36 heavy (non-hydrogen) atoms. The molecule has 0 heterocycles. The second kappa shape index (κ2) is 12.0. The van der Waals surface area contributed by atoms with Gasteiger partial charge in [0.05, 0.1) is 31.1 Å². The van der Waals surface area contributed by atoms with Gasteiger partial charge in [0.25, 0.3) is 0 Å². The predicted molar refractivity (Wildman–Crippen MR) is 125 cm³/mol. The number of hydrogen-bond acceptors (Lipinski definition) is 9. The molecule has 0 saturated heterocycles. The molecular weight excluding hydrogens is 497 g/mol. The van der Waals surface area contributed by atoms with Crippen LogP contribution in [0.2, 0.25) is 0 Å². The average molecular weight is 526 g/mol. The molecule has 0 aromatic heterocycles. The molecule has 0 radical (unpaired) electrons. The molecule has 0 spiro atoms. The maximum Gasteiger partial charge on any atom is 0.325 e. The first kappa shape index (κ1) is 28.7. The highest BCUT2D eigenvalue weighted by Gasteiger charge is 2.51. The first-order valence-electron chi connectivity index (χ1n) is 10.8. The highest BCUT2D eigenvalue weighted by atomic mass is 32.2. The van der Waals surface area contributed by atoms with E-state index in [1.54, 1.807) is 0 Å². The number of halogens is 1. The van der Waals surface area contributed by atoms with Crippen molar-refractivity contribution in [3.05, 3.63) is 54.3 Å². The number of benzene rings is 2. The van der Waals surface area contributed by atoms with Gasteiger partial charge in [0.2, 0.25) is 10.0 Å². The molecule has 2 aromatic carbocycles. The van der Waals surface area contributed by atoms with Crippen molar-refractivity contribution < 1.29 is 46.1 Å². The number of hydrogen-bond donors (Lipinski definition) is 0. The summed E-state index contributed by atoms with van der Waals surface area (Å²) in [6.07, 6.45) is 0. The molecule has 2 aromatic rings. The number of sulfonamides is 1. The van der Waals surface area contributed by atoms with E-state index < -0.39 is 51.8 Å². The SMILES string of the molecule is CCOC(=O)CN([C@H](C(=O)OC)C(C)(C)C(=O)OC)S(=O)(=O)c1ccc(Oc2ccc(F)cc2)cc1. The van der Waals surface area contributed by atoms with Gasteiger partial charge in [-0.1, -0.05) is 0 Å². The molecule has 0 saturated carbocycles.